The number of halogens is 1. The summed E-state index contributed by atoms with van der Waals surface area (Å²) in [4.78, 5) is 31.8. The first-order chi connectivity index (χ1) is 15.5. The molecule has 0 saturated carbocycles. The fourth-order valence-electron chi connectivity index (χ4n) is 3.47. The Morgan fingerprint density at radius 1 is 1.06 bits per heavy atom. The van der Waals surface area contributed by atoms with Crippen molar-refractivity contribution in [1.82, 2.24) is 5.32 Å². The smallest absolute Gasteiger partial charge is 0.240 e. The molecule has 7 heteroatoms. The van der Waals surface area contributed by atoms with Crippen LogP contribution >= 0.6 is 0 Å². The number of amides is 2. The molecule has 0 saturated heterocycles. The van der Waals surface area contributed by atoms with Crippen molar-refractivity contribution in [3.8, 4) is 5.75 Å². The first-order valence-corrected chi connectivity index (χ1v) is 10.2. The second-order valence-electron chi connectivity index (χ2n) is 7.34. The summed E-state index contributed by atoms with van der Waals surface area (Å²) in [5.41, 5.74) is 3.27. The van der Waals surface area contributed by atoms with Crippen molar-refractivity contribution >= 4 is 28.9 Å². The number of aliphatic imine (C=N–C) groups is 1. The predicted octanol–water partition coefficient (Wildman–Crippen LogP) is 4.01. The zero-order chi connectivity index (χ0) is 22.5. The Hall–Kier alpha value is -4.00. The molecule has 0 atom stereocenters. The van der Waals surface area contributed by atoms with Crippen molar-refractivity contribution < 1.29 is 18.7 Å². The second kappa shape index (κ2) is 9.43. The van der Waals surface area contributed by atoms with Gasteiger partial charge in [-0.1, -0.05) is 36.4 Å². The molecule has 1 N–H and O–H groups in total. The molecule has 1 aliphatic heterocycles. The Labute approximate surface area is 185 Å². The lowest BCUT2D eigenvalue weighted by atomic mass is 10.1. The van der Waals surface area contributed by atoms with Gasteiger partial charge in [-0.15, -0.1) is 0 Å². The zero-order valence-corrected chi connectivity index (χ0v) is 17.5. The molecule has 1 aliphatic rings. The molecule has 1 heterocycles. The van der Waals surface area contributed by atoms with Crippen LogP contribution in [0.4, 0.5) is 15.8 Å². The third-order valence-electron chi connectivity index (χ3n) is 5.18. The van der Waals surface area contributed by atoms with Crippen LogP contribution in [0.25, 0.3) is 0 Å². The minimum Gasteiger partial charge on any atom is -0.497 e. The molecule has 0 aliphatic carbocycles. The molecule has 2 amide bonds. The van der Waals surface area contributed by atoms with Crippen LogP contribution in [0, 0.1) is 5.82 Å². The summed E-state index contributed by atoms with van der Waals surface area (Å²) >= 11 is 0. The largest absolute Gasteiger partial charge is 0.497 e. The Bertz CT molecular complexity index is 1160. The number of fused-ring (bicyclic) bond motifs is 1. The number of nitrogens with zero attached hydrogens (tertiary/aromatic N) is 2. The van der Waals surface area contributed by atoms with Gasteiger partial charge in [-0.3, -0.25) is 14.6 Å². The number of methoxy groups -OCH3 is 1. The van der Waals surface area contributed by atoms with E-state index in [1.54, 1.807) is 37.4 Å². The van der Waals surface area contributed by atoms with E-state index in [9.17, 15) is 14.0 Å². The lowest BCUT2D eigenvalue weighted by Crippen LogP contribution is -2.41. The van der Waals surface area contributed by atoms with Crippen LogP contribution in [0.2, 0.25) is 0 Å². The standard InChI is InChI=1S/C25H22FN3O3/c1-32-20-12-6-17(7-13-20)15-27-24(30)16-29-23-5-3-2-4-21(23)28-22(14-25(29)31)18-8-10-19(26)11-9-18/h2-13H,14-16H2,1H3,(H,27,30). The molecule has 32 heavy (non-hydrogen) atoms. The summed E-state index contributed by atoms with van der Waals surface area (Å²) in [7, 11) is 1.60. The van der Waals surface area contributed by atoms with Crippen molar-refractivity contribution in [3.63, 3.8) is 0 Å². The van der Waals surface area contributed by atoms with Gasteiger partial charge in [0.1, 0.15) is 18.1 Å². The van der Waals surface area contributed by atoms with Gasteiger partial charge in [0.2, 0.25) is 11.8 Å². The number of nitrogens with one attached hydrogen (secondary N) is 1. The van der Waals surface area contributed by atoms with Crippen molar-refractivity contribution in [1.29, 1.82) is 0 Å². The Kier molecular flexibility index (Phi) is 6.26. The molecule has 3 aromatic carbocycles. The Morgan fingerprint density at radius 3 is 2.50 bits per heavy atom. The van der Waals surface area contributed by atoms with Crippen LogP contribution in [0.3, 0.4) is 0 Å². The summed E-state index contributed by atoms with van der Waals surface area (Å²) in [6, 6.07) is 20.4. The van der Waals surface area contributed by atoms with Gasteiger partial charge < -0.3 is 15.0 Å². The molecule has 162 valence electrons. The number of para-hydroxylation sites is 2. The van der Waals surface area contributed by atoms with Crippen molar-refractivity contribution in [3.05, 3.63) is 89.7 Å². The molecular weight excluding hydrogens is 409 g/mol. The quantitative estimate of drug-likeness (QED) is 0.641. The van der Waals surface area contributed by atoms with Gasteiger partial charge >= 0.3 is 0 Å². The van der Waals surface area contributed by atoms with Gasteiger partial charge in [0.15, 0.2) is 0 Å². The Balaban J connectivity index is 1.50. The second-order valence-corrected chi connectivity index (χ2v) is 7.34. The first kappa shape index (κ1) is 21.2. The average molecular weight is 431 g/mol. The maximum absolute atomic E-state index is 13.3. The Morgan fingerprint density at radius 2 is 1.78 bits per heavy atom. The maximum atomic E-state index is 13.3. The van der Waals surface area contributed by atoms with E-state index < -0.39 is 0 Å². The van der Waals surface area contributed by atoms with E-state index in [-0.39, 0.29) is 30.6 Å². The average Bonchev–Trinajstić information content (AvgIpc) is 2.95. The third-order valence-corrected chi connectivity index (χ3v) is 5.18. The fourth-order valence-corrected chi connectivity index (χ4v) is 3.47. The number of ether oxygens (including phenoxy) is 1. The number of carbonyl (C=O) groups is 2. The van der Waals surface area contributed by atoms with Gasteiger partial charge in [-0.05, 0) is 47.5 Å². The highest BCUT2D eigenvalue weighted by Gasteiger charge is 2.26. The summed E-state index contributed by atoms with van der Waals surface area (Å²) in [6.45, 7) is 0.210. The van der Waals surface area contributed by atoms with E-state index >= 15 is 0 Å². The molecule has 0 fully saturated rings. The highest BCUT2D eigenvalue weighted by atomic mass is 19.1. The van der Waals surface area contributed by atoms with E-state index in [0.29, 0.717) is 29.2 Å². The van der Waals surface area contributed by atoms with Gasteiger partial charge in [0.25, 0.3) is 0 Å². The molecule has 0 aromatic heterocycles. The van der Waals surface area contributed by atoms with E-state index in [4.69, 9.17) is 4.74 Å². The maximum Gasteiger partial charge on any atom is 0.240 e. The molecular formula is C25H22FN3O3. The van der Waals surface area contributed by atoms with Crippen LogP contribution in [-0.2, 0) is 16.1 Å². The number of hydrogen-bond donors (Lipinski definition) is 1. The molecule has 6 nitrogen and oxygen atoms in total. The molecule has 0 spiro atoms. The summed E-state index contributed by atoms with van der Waals surface area (Å²) in [6.07, 6.45) is 0.00602. The fraction of sp³-hybridized carbons (Fsp3) is 0.160. The number of anilines is 1. The predicted molar refractivity (Wildman–Crippen MR) is 121 cm³/mol. The minimum atomic E-state index is -0.357. The topological polar surface area (TPSA) is 71.0 Å². The lowest BCUT2D eigenvalue weighted by Gasteiger charge is -2.22. The van der Waals surface area contributed by atoms with Crippen LogP contribution in [0.1, 0.15) is 17.5 Å². The van der Waals surface area contributed by atoms with Crippen molar-refractivity contribution in [2.75, 3.05) is 18.6 Å². The number of benzene rings is 3. The van der Waals surface area contributed by atoms with Crippen LogP contribution in [0.5, 0.6) is 5.75 Å². The van der Waals surface area contributed by atoms with E-state index in [1.807, 2.05) is 30.3 Å². The normalized spacial score (nSPS) is 13.1. The van der Waals surface area contributed by atoms with Gasteiger partial charge in [-0.25, -0.2) is 4.39 Å². The van der Waals surface area contributed by atoms with E-state index in [1.165, 1.54) is 17.0 Å². The van der Waals surface area contributed by atoms with Gasteiger partial charge in [0.05, 0.1) is 30.6 Å². The lowest BCUT2D eigenvalue weighted by molar-refractivity contribution is -0.123. The third kappa shape index (κ3) is 4.83. The molecule has 0 radical (unpaired) electrons. The van der Waals surface area contributed by atoms with Gasteiger partial charge in [-0.2, -0.15) is 0 Å². The first-order valence-electron chi connectivity index (χ1n) is 10.2. The van der Waals surface area contributed by atoms with Gasteiger partial charge in [0, 0.05) is 6.54 Å². The number of carbonyl (C=O) groups excluding carboxylic acids is 2. The highest BCUT2D eigenvalue weighted by molar-refractivity contribution is 6.18. The van der Waals surface area contributed by atoms with E-state index in [0.717, 1.165) is 11.3 Å². The van der Waals surface area contributed by atoms with Crippen molar-refractivity contribution in [2.24, 2.45) is 4.99 Å². The summed E-state index contributed by atoms with van der Waals surface area (Å²) in [5.74, 6) is -0.152. The summed E-state index contributed by atoms with van der Waals surface area (Å²) in [5, 5.41) is 2.85. The SMILES string of the molecule is COc1ccc(CNC(=O)CN2C(=O)CC(c3ccc(F)cc3)=Nc3ccccc32)cc1. The summed E-state index contributed by atoms with van der Waals surface area (Å²) < 4.78 is 18.5. The number of hydrogen-bond acceptors (Lipinski definition) is 4. The molecule has 0 bridgehead atoms. The minimum absolute atomic E-state index is 0.00602. The molecule has 0 unspecified atom stereocenters. The van der Waals surface area contributed by atoms with E-state index in [2.05, 4.69) is 10.3 Å². The van der Waals surface area contributed by atoms with Crippen LogP contribution in [-0.4, -0.2) is 31.2 Å². The zero-order valence-electron chi connectivity index (χ0n) is 17.5. The number of rotatable bonds is 6. The van der Waals surface area contributed by atoms with Crippen LogP contribution in [0.15, 0.2) is 77.8 Å². The van der Waals surface area contributed by atoms with Crippen molar-refractivity contribution in [2.45, 2.75) is 13.0 Å². The van der Waals surface area contributed by atoms with Crippen LogP contribution < -0.4 is 15.0 Å². The molecule has 3 aromatic rings. The monoisotopic (exact) mass is 431 g/mol. The highest BCUT2D eigenvalue weighted by Crippen LogP contribution is 2.32. The molecule has 4 rings (SSSR count).